The Hall–Kier alpha value is -0.930. The van der Waals surface area contributed by atoms with Gasteiger partial charge in [-0.15, -0.1) is 0 Å². The number of aliphatic hydroxyl groups is 5. The van der Waals surface area contributed by atoms with E-state index in [0.717, 1.165) is 0 Å². The Bertz CT molecular complexity index is 501. The minimum Gasteiger partial charge on any atom is -0.394 e. The van der Waals surface area contributed by atoms with E-state index < -0.39 is 31.5 Å². The molecule has 0 aliphatic rings. The van der Waals surface area contributed by atoms with E-state index in [1.165, 1.54) is 0 Å². The van der Waals surface area contributed by atoms with Crippen LogP contribution >= 0.6 is 23.2 Å². The van der Waals surface area contributed by atoms with Crippen molar-refractivity contribution in [1.82, 2.24) is 0 Å². The van der Waals surface area contributed by atoms with Gasteiger partial charge in [0.1, 0.15) is 18.3 Å². The molecule has 1 aromatic rings. The van der Waals surface area contributed by atoms with Gasteiger partial charge in [-0.3, -0.25) is 5.43 Å². The van der Waals surface area contributed by atoms with Crippen LogP contribution < -0.4 is 5.43 Å². The van der Waals surface area contributed by atoms with Crippen molar-refractivity contribution in [1.29, 1.82) is 0 Å². The molecule has 0 amide bonds. The van der Waals surface area contributed by atoms with Crippen LogP contribution in [0.25, 0.3) is 0 Å². The van der Waals surface area contributed by atoms with Crippen molar-refractivity contribution >= 4 is 34.6 Å². The molecule has 0 aliphatic carbocycles. The molecule has 0 saturated heterocycles. The highest BCUT2D eigenvalue weighted by atomic mass is 35.5. The first-order valence-electron chi connectivity index (χ1n) is 5.94. The maximum Gasteiger partial charge on any atom is 0.125 e. The van der Waals surface area contributed by atoms with Crippen LogP contribution in [-0.4, -0.2) is 62.8 Å². The minimum atomic E-state index is -1.70. The van der Waals surface area contributed by atoms with Crippen LogP contribution in [0.2, 0.25) is 10.0 Å². The molecule has 6 N–H and O–H groups in total. The second-order valence-electron chi connectivity index (χ2n) is 4.16. The third-order valence-electron chi connectivity index (χ3n) is 2.68. The Morgan fingerprint density at radius 3 is 2.43 bits per heavy atom. The Morgan fingerprint density at radius 2 is 1.86 bits per heavy atom. The fourth-order valence-corrected chi connectivity index (χ4v) is 1.78. The van der Waals surface area contributed by atoms with Crippen molar-refractivity contribution in [3.63, 3.8) is 0 Å². The van der Waals surface area contributed by atoms with E-state index in [9.17, 15) is 15.3 Å². The Labute approximate surface area is 131 Å². The minimum absolute atomic E-state index is 0.200. The Balaban J connectivity index is 2.87. The number of aliphatic hydroxyl groups excluding tert-OH is 5. The van der Waals surface area contributed by atoms with Crippen LogP contribution in [0.5, 0.6) is 0 Å². The lowest BCUT2D eigenvalue weighted by atomic mass is 10.0. The first-order chi connectivity index (χ1) is 9.92. The first kappa shape index (κ1) is 18.1. The van der Waals surface area contributed by atoms with Crippen molar-refractivity contribution in [3.8, 4) is 0 Å². The van der Waals surface area contributed by atoms with Gasteiger partial charge in [0, 0.05) is 0 Å². The predicted molar refractivity (Wildman–Crippen MR) is 79.7 cm³/mol. The number of hydrogen-bond donors (Lipinski definition) is 6. The maximum absolute atomic E-state index is 9.77. The average molecular weight is 339 g/mol. The number of nitrogens with zero attached hydrogens (tertiary/aromatic N) is 1. The summed E-state index contributed by atoms with van der Waals surface area (Å²) in [7, 11) is 0. The Kier molecular flexibility index (Phi) is 7.33. The van der Waals surface area contributed by atoms with Crippen LogP contribution in [0.4, 0.5) is 5.69 Å². The summed E-state index contributed by atoms with van der Waals surface area (Å²) in [4.78, 5) is 0. The first-order valence-corrected chi connectivity index (χ1v) is 6.70. The number of hydrazone groups is 1. The third kappa shape index (κ3) is 4.79. The van der Waals surface area contributed by atoms with E-state index in [0.29, 0.717) is 10.7 Å². The van der Waals surface area contributed by atoms with Gasteiger partial charge in [0.05, 0.1) is 34.7 Å². The summed E-state index contributed by atoms with van der Waals surface area (Å²) in [6.07, 6.45) is -4.92. The quantitative estimate of drug-likeness (QED) is 0.303. The van der Waals surface area contributed by atoms with Crippen LogP contribution in [0, 0.1) is 0 Å². The fraction of sp³-hybridized carbons (Fsp3) is 0.417. The molecular weight excluding hydrogens is 323 g/mol. The zero-order valence-corrected chi connectivity index (χ0v) is 12.3. The molecule has 1 aromatic carbocycles. The van der Waals surface area contributed by atoms with Gasteiger partial charge >= 0.3 is 0 Å². The van der Waals surface area contributed by atoms with E-state index in [4.69, 9.17) is 33.4 Å². The smallest absolute Gasteiger partial charge is 0.125 e. The van der Waals surface area contributed by atoms with Gasteiger partial charge < -0.3 is 25.5 Å². The molecule has 3 atom stereocenters. The van der Waals surface area contributed by atoms with E-state index in [-0.39, 0.29) is 10.7 Å². The molecule has 0 spiro atoms. The summed E-state index contributed by atoms with van der Waals surface area (Å²) in [5.74, 6) is 0. The van der Waals surface area contributed by atoms with Gasteiger partial charge in [0.25, 0.3) is 0 Å². The topological polar surface area (TPSA) is 126 Å². The number of benzene rings is 1. The van der Waals surface area contributed by atoms with Gasteiger partial charge in [-0.25, -0.2) is 0 Å². The lowest BCUT2D eigenvalue weighted by Crippen LogP contribution is -2.45. The lowest BCUT2D eigenvalue weighted by molar-refractivity contribution is -0.0564. The van der Waals surface area contributed by atoms with Crippen molar-refractivity contribution in [2.75, 3.05) is 18.6 Å². The van der Waals surface area contributed by atoms with Crippen LogP contribution in [0.3, 0.4) is 0 Å². The second kappa shape index (κ2) is 8.50. The molecular formula is C12H16Cl2N2O5. The highest BCUT2D eigenvalue weighted by molar-refractivity contribution is 6.43. The summed E-state index contributed by atoms with van der Waals surface area (Å²) >= 11 is 11.7. The van der Waals surface area contributed by atoms with Gasteiger partial charge in [0.15, 0.2) is 0 Å². The third-order valence-corrected chi connectivity index (χ3v) is 3.50. The zero-order valence-electron chi connectivity index (χ0n) is 10.8. The normalized spacial score (nSPS) is 16.4. The largest absolute Gasteiger partial charge is 0.394 e. The molecule has 118 valence electrons. The lowest BCUT2D eigenvalue weighted by Gasteiger charge is -2.22. The van der Waals surface area contributed by atoms with Gasteiger partial charge in [-0.2, -0.15) is 5.10 Å². The number of halogens is 2. The van der Waals surface area contributed by atoms with Crippen LogP contribution in [0.15, 0.2) is 23.3 Å². The number of nitrogens with one attached hydrogen (secondary N) is 1. The monoisotopic (exact) mass is 338 g/mol. The molecule has 0 aliphatic heterocycles. The molecule has 0 aromatic heterocycles. The van der Waals surface area contributed by atoms with Gasteiger partial charge in [-0.1, -0.05) is 29.3 Å². The van der Waals surface area contributed by atoms with Crippen molar-refractivity contribution in [2.24, 2.45) is 5.10 Å². The van der Waals surface area contributed by atoms with E-state index >= 15 is 0 Å². The molecule has 0 heterocycles. The van der Waals surface area contributed by atoms with Crippen LogP contribution in [0.1, 0.15) is 0 Å². The van der Waals surface area contributed by atoms with Gasteiger partial charge in [-0.05, 0) is 12.1 Å². The Morgan fingerprint density at radius 1 is 1.19 bits per heavy atom. The predicted octanol–water partition coefficient (Wildman–Crippen LogP) is -0.171. The SMILES string of the molecule is OCC(=NNc1cccc(Cl)c1Cl)[C@@H](O)[C@H](O)[C@H](O)CO. The summed E-state index contributed by atoms with van der Waals surface area (Å²) in [6.45, 7) is -1.42. The highest BCUT2D eigenvalue weighted by Gasteiger charge is 2.28. The fourth-order valence-electron chi connectivity index (χ4n) is 1.43. The maximum atomic E-state index is 9.77. The molecule has 21 heavy (non-hydrogen) atoms. The standard InChI is InChI=1S/C12H16Cl2N2O5/c13-6-2-1-3-7(10(6)14)15-16-8(4-17)11(20)12(21)9(19)5-18/h1-3,9,11-12,15,17-21H,4-5H2/t9-,11-,12-/m1/s1. The molecule has 1 rings (SSSR count). The molecule has 0 unspecified atom stereocenters. The number of hydrogen-bond acceptors (Lipinski definition) is 7. The molecule has 9 heteroatoms. The highest BCUT2D eigenvalue weighted by Crippen LogP contribution is 2.29. The van der Waals surface area contributed by atoms with E-state index in [2.05, 4.69) is 10.5 Å². The molecule has 0 bridgehead atoms. The summed E-state index contributed by atoms with van der Waals surface area (Å²) in [5.41, 5.74) is 2.58. The van der Waals surface area contributed by atoms with Gasteiger partial charge in [0.2, 0.25) is 0 Å². The number of anilines is 1. The van der Waals surface area contributed by atoms with Crippen molar-refractivity contribution < 1.29 is 25.5 Å². The summed E-state index contributed by atoms with van der Waals surface area (Å²) in [6, 6.07) is 4.76. The van der Waals surface area contributed by atoms with E-state index in [1.54, 1.807) is 18.2 Å². The molecule has 0 saturated carbocycles. The van der Waals surface area contributed by atoms with E-state index in [1.807, 2.05) is 0 Å². The van der Waals surface area contributed by atoms with Crippen LogP contribution in [-0.2, 0) is 0 Å². The average Bonchev–Trinajstić information content (AvgIpc) is 2.49. The molecule has 0 radical (unpaired) electrons. The summed E-state index contributed by atoms with van der Waals surface area (Å²) < 4.78 is 0. The van der Waals surface area contributed by atoms with Crippen molar-refractivity contribution in [2.45, 2.75) is 18.3 Å². The zero-order chi connectivity index (χ0) is 16.0. The number of rotatable bonds is 7. The molecule has 0 fully saturated rings. The molecule has 7 nitrogen and oxygen atoms in total. The summed E-state index contributed by atoms with van der Waals surface area (Å²) in [5, 5.41) is 50.7. The second-order valence-corrected chi connectivity index (χ2v) is 4.94. The van der Waals surface area contributed by atoms with Crippen molar-refractivity contribution in [3.05, 3.63) is 28.2 Å².